The van der Waals surface area contributed by atoms with Gasteiger partial charge in [-0.3, -0.25) is 4.68 Å². The molecule has 5 nitrogen and oxygen atoms in total. The van der Waals surface area contributed by atoms with Crippen molar-refractivity contribution in [3.63, 3.8) is 0 Å². The van der Waals surface area contributed by atoms with Gasteiger partial charge in [0.05, 0.1) is 16.8 Å². The molecular formula is C12H23Cl3N4O. The van der Waals surface area contributed by atoms with Gasteiger partial charge in [0.25, 0.3) is 0 Å². The molecule has 0 saturated carbocycles. The van der Waals surface area contributed by atoms with Crippen LogP contribution in [0.15, 0.2) is 12.4 Å². The second-order valence-electron chi connectivity index (χ2n) is 4.96. The number of aromatic nitrogens is 2. The lowest BCUT2D eigenvalue weighted by atomic mass is 9.94. The van der Waals surface area contributed by atoms with Crippen molar-refractivity contribution in [2.24, 2.45) is 0 Å². The second-order valence-corrected chi connectivity index (χ2v) is 5.39. The molecule has 1 saturated heterocycles. The molecule has 1 fully saturated rings. The van der Waals surface area contributed by atoms with Crippen LogP contribution < -0.4 is 10.6 Å². The minimum absolute atomic E-state index is 0. The Morgan fingerprint density at radius 3 is 2.90 bits per heavy atom. The number of rotatable bonds is 6. The van der Waals surface area contributed by atoms with Crippen molar-refractivity contribution in [2.75, 3.05) is 26.2 Å². The summed E-state index contributed by atoms with van der Waals surface area (Å²) in [6.07, 6.45) is 6.36. The van der Waals surface area contributed by atoms with E-state index in [2.05, 4.69) is 15.7 Å². The Morgan fingerprint density at radius 1 is 1.50 bits per heavy atom. The normalized spacial score (nSPS) is 21.9. The summed E-state index contributed by atoms with van der Waals surface area (Å²) in [4.78, 5) is 0. The average Bonchev–Trinajstić information content (AvgIpc) is 2.75. The number of aryl methyl sites for hydroxylation is 1. The highest BCUT2D eigenvalue weighted by Crippen LogP contribution is 2.14. The largest absolute Gasteiger partial charge is 0.387 e. The van der Waals surface area contributed by atoms with Gasteiger partial charge < -0.3 is 15.7 Å². The van der Waals surface area contributed by atoms with Crippen LogP contribution >= 0.6 is 36.4 Å². The van der Waals surface area contributed by atoms with Crippen molar-refractivity contribution in [1.29, 1.82) is 0 Å². The van der Waals surface area contributed by atoms with E-state index < -0.39 is 5.60 Å². The highest BCUT2D eigenvalue weighted by molar-refractivity contribution is 6.30. The van der Waals surface area contributed by atoms with E-state index in [1.165, 1.54) is 0 Å². The maximum Gasteiger partial charge on any atom is 0.0895 e. The van der Waals surface area contributed by atoms with Gasteiger partial charge in [-0.15, -0.1) is 24.8 Å². The van der Waals surface area contributed by atoms with E-state index in [1.54, 1.807) is 6.20 Å². The Bertz CT molecular complexity index is 369. The molecule has 1 unspecified atom stereocenters. The highest BCUT2D eigenvalue weighted by atomic mass is 35.5. The van der Waals surface area contributed by atoms with E-state index in [0.29, 0.717) is 18.1 Å². The van der Waals surface area contributed by atoms with Crippen LogP contribution in [-0.4, -0.2) is 46.7 Å². The molecule has 20 heavy (non-hydrogen) atoms. The van der Waals surface area contributed by atoms with Gasteiger partial charge in [0, 0.05) is 25.8 Å². The predicted molar refractivity (Wildman–Crippen MR) is 86.3 cm³/mol. The molecule has 1 atom stereocenters. The quantitative estimate of drug-likeness (QED) is 0.683. The van der Waals surface area contributed by atoms with Crippen LogP contribution in [0.1, 0.15) is 19.3 Å². The average molecular weight is 346 g/mol. The van der Waals surface area contributed by atoms with Crippen LogP contribution in [0.5, 0.6) is 0 Å². The third-order valence-corrected chi connectivity index (χ3v) is 3.44. The smallest absolute Gasteiger partial charge is 0.0895 e. The molecule has 0 spiro atoms. The molecule has 0 radical (unpaired) electrons. The first-order chi connectivity index (χ1) is 8.68. The van der Waals surface area contributed by atoms with Crippen LogP contribution in [0.4, 0.5) is 0 Å². The SMILES string of the molecule is Cl.Cl.OC1(CNCCCn2cc(Cl)cn2)CCCNC1. The molecular weight excluding hydrogens is 323 g/mol. The molecule has 2 heterocycles. The summed E-state index contributed by atoms with van der Waals surface area (Å²) in [7, 11) is 0. The van der Waals surface area contributed by atoms with Gasteiger partial charge in [-0.2, -0.15) is 5.10 Å². The Kier molecular flexibility index (Phi) is 9.80. The first-order valence-electron chi connectivity index (χ1n) is 6.50. The molecule has 1 aliphatic heterocycles. The number of piperidine rings is 1. The maximum atomic E-state index is 10.2. The summed E-state index contributed by atoms with van der Waals surface area (Å²) in [5.41, 5.74) is -0.576. The number of β-amino-alcohol motifs (C(OH)–C–C–N with tert-alkyl or cyclic N) is 1. The molecule has 0 bridgehead atoms. The van der Waals surface area contributed by atoms with E-state index in [4.69, 9.17) is 11.6 Å². The van der Waals surface area contributed by atoms with Crippen LogP contribution in [0, 0.1) is 0 Å². The first-order valence-corrected chi connectivity index (χ1v) is 6.88. The van der Waals surface area contributed by atoms with Gasteiger partial charge in [-0.1, -0.05) is 11.6 Å². The third-order valence-electron chi connectivity index (χ3n) is 3.25. The van der Waals surface area contributed by atoms with Crippen molar-refractivity contribution in [1.82, 2.24) is 20.4 Å². The van der Waals surface area contributed by atoms with Crippen molar-refractivity contribution >= 4 is 36.4 Å². The number of halogens is 3. The lowest BCUT2D eigenvalue weighted by Crippen LogP contribution is -2.52. The summed E-state index contributed by atoms with van der Waals surface area (Å²) < 4.78 is 1.83. The molecule has 3 N–H and O–H groups in total. The third kappa shape index (κ3) is 6.61. The van der Waals surface area contributed by atoms with Crippen molar-refractivity contribution in [2.45, 2.75) is 31.4 Å². The van der Waals surface area contributed by atoms with Gasteiger partial charge >= 0.3 is 0 Å². The molecule has 1 aliphatic rings. The predicted octanol–water partition coefficient (Wildman–Crippen LogP) is 1.47. The molecule has 1 aromatic rings. The molecule has 8 heteroatoms. The number of nitrogens with one attached hydrogen (secondary N) is 2. The van der Waals surface area contributed by atoms with Crippen LogP contribution in [0.2, 0.25) is 5.02 Å². The zero-order valence-corrected chi connectivity index (χ0v) is 13.7. The summed E-state index contributed by atoms with van der Waals surface area (Å²) in [6.45, 7) is 4.08. The summed E-state index contributed by atoms with van der Waals surface area (Å²) in [6, 6.07) is 0. The van der Waals surface area contributed by atoms with Gasteiger partial charge in [0.1, 0.15) is 0 Å². The fourth-order valence-corrected chi connectivity index (χ4v) is 2.41. The Balaban J connectivity index is 0.00000180. The minimum Gasteiger partial charge on any atom is -0.387 e. The van der Waals surface area contributed by atoms with Gasteiger partial charge in [-0.05, 0) is 32.4 Å². The summed E-state index contributed by atoms with van der Waals surface area (Å²) in [5.74, 6) is 0. The fraction of sp³-hybridized carbons (Fsp3) is 0.750. The van der Waals surface area contributed by atoms with Crippen LogP contribution in [0.3, 0.4) is 0 Å². The zero-order chi connectivity index (χ0) is 12.8. The zero-order valence-electron chi connectivity index (χ0n) is 11.3. The fourth-order valence-electron chi connectivity index (χ4n) is 2.25. The summed E-state index contributed by atoms with van der Waals surface area (Å²) >= 11 is 5.78. The van der Waals surface area contributed by atoms with E-state index in [-0.39, 0.29) is 24.8 Å². The number of hydrogen-bond acceptors (Lipinski definition) is 4. The maximum absolute atomic E-state index is 10.2. The van der Waals surface area contributed by atoms with Gasteiger partial charge in [0.2, 0.25) is 0 Å². The van der Waals surface area contributed by atoms with Crippen molar-refractivity contribution in [3.05, 3.63) is 17.4 Å². The Labute approximate surface area is 137 Å². The lowest BCUT2D eigenvalue weighted by molar-refractivity contribution is 0.0172. The lowest BCUT2D eigenvalue weighted by Gasteiger charge is -2.32. The Morgan fingerprint density at radius 2 is 2.30 bits per heavy atom. The van der Waals surface area contributed by atoms with Crippen LogP contribution in [-0.2, 0) is 6.54 Å². The molecule has 1 aromatic heterocycles. The standard InChI is InChI=1S/C12H21ClN4O.2ClH/c13-11-7-16-17(8-11)6-2-5-15-10-12(18)3-1-4-14-9-12;;/h7-8,14-15,18H,1-6,9-10H2;2*1H. The number of aliphatic hydroxyl groups is 1. The van der Waals surface area contributed by atoms with Gasteiger partial charge in [-0.25, -0.2) is 0 Å². The molecule has 0 aliphatic carbocycles. The van der Waals surface area contributed by atoms with Crippen molar-refractivity contribution in [3.8, 4) is 0 Å². The number of nitrogens with zero attached hydrogens (tertiary/aromatic N) is 2. The molecule has 0 aromatic carbocycles. The van der Waals surface area contributed by atoms with E-state index in [0.717, 1.165) is 38.9 Å². The monoisotopic (exact) mass is 344 g/mol. The first kappa shape index (κ1) is 20.0. The minimum atomic E-state index is -0.576. The molecule has 118 valence electrons. The number of hydrogen-bond donors (Lipinski definition) is 3. The highest BCUT2D eigenvalue weighted by Gasteiger charge is 2.28. The van der Waals surface area contributed by atoms with E-state index >= 15 is 0 Å². The summed E-state index contributed by atoms with van der Waals surface area (Å²) in [5, 5.41) is 21.6. The topological polar surface area (TPSA) is 62.1 Å². The van der Waals surface area contributed by atoms with Crippen LogP contribution in [0.25, 0.3) is 0 Å². The molecule has 0 amide bonds. The molecule has 2 rings (SSSR count). The Hall–Kier alpha value is -0.0400. The van der Waals surface area contributed by atoms with E-state index in [9.17, 15) is 5.11 Å². The van der Waals surface area contributed by atoms with E-state index in [1.807, 2.05) is 10.9 Å². The second kappa shape index (κ2) is 9.82. The van der Waals surface area contributed by atoms with Gasteiger partial charge in [0.15, 0.2) is 0 Å². The van der Waals surface area contributed by atoms with Crippen molar-refractivity contribution < 1.29 is 5.11 Å².